The normalized spacial score (nSPS) is 20.2. The number of hydrogen-bond acceptors (Lipinski definition) is 4. The van der Waals surface area contributed by atoms with Gasteiger partial charge in [-0.15, -0.1) is 0 Å². The molecule has 1 radical (unpaired) electrons. The zero-order chi connectivity index (χ0) is 12.0. The number of rotatable bonds is 2. The van der Waals surface area contributed by atoms with Gasteiger partial charge in [-0.05, 0) is 37.5 Å². The van der Waals surface area contributed by atoms with Crippen LogP contribution in [-0.4, -0.2) is 11.9 Å². The first-order valence-corrected chi connectivity index (χ1v) is 6.03. The first kappa shape index (κ1) is 16.5. The first-order chi connectivity index (χ1) is 7.61. The third-order valence-corrected chi connectivity index (χ3v) is 3.38. The van der Waals surface area contributed by atoms with Crippen LogP contribution in [0.4, 0.5) is 0 Å². The van der Waals surface area contributed by atoms with Gasteiger partial charge in [-0.2, -0.15) is 0 Å². The van der Waals surface area contributed by atoms with E-state index >= 15 is 0 Å². The van der Waals surface area contributed by atoms with E-state index in [0.29, 0.717) is 0 Å². The van der Waals surface area contributed by atoms with E-state index in [1.54, 1.807) is 0 Å². The molecule has 0 aromatic carbocycles. The molecule has 0 atom stereocenters. The summed E-state index contributed by atoms with van der Waals surface area (Å²) < 4.78 is 0. The van der Waals surface area contributed by atoms with Crippen molar-refractivity contribution in [3.63, 3.8) is 0 Å². The summed E-state index contributed by atoms with van der Waals surface area (Å²) in [5.41, 5.74) is 0. The van der Waals surface area contributed by atoms with Crippen molar-refractivity contribution < 1.29 is 36.9 Å². The molecular weight excluding hydrogens is 272 g/mol. The molecule has 0 saturated heterocycles. The number of hydrogen-bond donors (Lipinski definition) is 0. The quantitative estimate of drug-likeness (QED) is 0.662. The Kier molecular flexibility index (Phi) is 8.26. The summed E-state index contributed by atoms with van der Waals surface area (Å²) >= 11 is 0. The fraction of sp³-hybridized carbons (Fsp3) is 0.833. The molecule has 2 rings (SSSR count). The molecule has 2 fully saturated rings. The van der Waals surface area contributed by atoms with Crippen molar-refractivity contribution in [2.24, 2.45) is 11.8 Å². The topological polar surface area (TPSA) is 80.3 Å². The standard InChI is InChI=1S/2C6H10O2.Cu/c2*7-6(8)5-3-1-2-4-5;/h2*5H,1-4H2,(H,7,8);/q;;+2/p-2. The van der Waals surface area contributed by atoms with Crippen molar-refractivity contribution in [2.75, 3.05) is 0 Å². The van der Waals surface area contributed by atoms with Crippen molar-refractivity contribution >= 4 is 11.9 Å². The molecule has 0 N–H and O–H groups in total. The van der Waals surface area contributed by atoms with Gasteiger partial charge in [0.25, 0.3) is 0 Å². The second-order valence-corrected chi connectivity index (χ2v) is 4.60. The molecule has 17 heavy (non-hydrogen) atoms. The van der Waals surface area contributed by atoms with E-state index in [1.165, 1.54) is 0 Å². The Morgan fingerprint density at radius 2 is 0.941 bits per heavy atom. The van der Waals surface area contributed by atoms with Crippen LogP contribution >= 0.6 is 0 Å². The van der Waals surface area contributed by atoms with Gasteiger partial charge in [-0.1, -0.05) is 25.7 Å². The van der Waals surface area contributed by atoms with Crippen LogP contribution in [0, 0.1) is 11.8 Å². The molecule has 0 amide bonds. The molecule has 0 spiro atoms. The van der Waals surface area contributed by atoms with Crippen molar-refractivity contribution in [2.45, 2.75) is 51.4 Å². The van der Waals surface area contributed by atoms with E-state index in [1.807, 2.05) is 0 Å². The van der Waals surface area contributed by atoms with Crippen LogP contribution in [0.3, 0.4) is 0 Å². The van der Waals surface area contributed by atoms with E-state index in [0.717, 1.165) is 51.4 Å². The van der Waals surface area contributed by atoms with Crippen LogP contribution < -0.4 is 10.2 Å². The third kappa shape index (κ3) is 6.08. The molecular formula is C12H18CuO4. The molecule has 0 bridgehead atoms. The molecule has 101 valence electrons. The van der Waals surface area contributed by atoms with E-state index in [9.17, 15) is 19.8 Å². The van der Waals surface area contributed by atoms with Crippen LogP contribution in [0.2, 0.25) is 0 Å². The zero-order valence-corrected chi connectivity index (χ0v) is 10.7. The van der Waals surface area contributed by atoms with Gasteiger partial charge < -0.3 is 19.8 Å². The summed E-state index contributed by atoms with van der Waals surface area (Å²) in [4.78, 5) is 20.2. The molecule has 4 nitrogen and oxygen atoms in total. The summed E-state index contributed by atoms with van der Waals surface area (Å²) in [6.07, 6.45) is 7.61. The minimum absolute atomic E-state index is 0. The number of carboxylic acids is 2. The predicted octanol–water partition coefficient (Wildman–Crippen LogP) is -0.150. The number of carboxylic acid groups (broad SMARTS) is 2. The average Bonchev–Trinajstić information content (AvgIpc) is 2.93. The molecule has 0 unspecified atom stereocenters. The van der Waals surface area contributed by atoms with Crippen LogP contribution in [0.1, 0.15) is 51.4 Å². The van der Waals surface area contributed by atoms with Gasteiger partial charge in [0.15, 0.2) is 0 Å². The summed E-state index contributed by atoms with van der Waals surface area (Å²) in [6, 6.07) is 0. The van der Waals surface area contributed by atoms with Crippen molar-refractivity contribution in [1.82, 2.24) is 0 Å². The summed E-state index contributed by atoms with van der Waals surface area (Å²) in [7, 11) is 0. The molecule has 0 aromatic heterocycles. The van der Waals surface area contributed by atoms with Crippen LogP contribution in [0.25, 0.3) is 0 Å². The van der Waals surface area contributed by atoms with E-state index in [2.05, 4.69) is 0 Å². The molecule has 0 aliphatic heterocycles. The third-order valence-electron chi connectivity index (χ3n) is 3.38. The van der Waals surface area contributed by atoms with Gasteiger partial charge in [0.2, 0.25) is 0 Å². The number of carbonyl (C=O) groups excluding carboxylic acids is 2. The van der Waals surface area contributed by atoms with E-state index in [-0.39, 0.29) is 28.9 Å². The second kappa shape index (κ2) is 8.54. The summed E-state index contributed by atoms with van der Waals surface area (Å²) in [5.74, 6) is -1.98. The van der Waals surface area contributed by atoms with Crippen LogP contribution in [0.5, 0.6) is 0 Å². The largest absolute Gasteiger partial charge is 2.00 e. The Balaban J connectivity index is 0.000000284. The second-order valence-electron chi connectivity index (χ2n) is 4.60. The van der Waals surface area contributed by atoms with Gasteiger partial charge in [-0.25, -0.2) is 0 Å². The SMILES string of the molecule is O=C([O-])C1CCCC1.O=C([O-])C1CCCC1.[Cu+2]. The van der Waals surface area contributed by atoms with Gasteiger partial charge in [0.1, 0.15) is 0 Å². The fourth-order valence-electron chi connectivity index (χ4n) is 2.32. The molecule has 2 aliphatic rings. The minimum Gasteiger partial charge on any atom is -0.550 e. The van der Waals surface area contributed by atoms with Gasteiger partial charge >= 0.3 is 17.1 Å². The maximum absolute atomic E-state index is 10.1. The van der Waals surface area contributed by atoms with Gasteiger partial charge in [0, 0.05) is 11.9 Å². The Bertz CT molecular complexity index is 217. The fourth-order valence-corrected chi connectivity index (χ4v) is 2.32. The van der Waals surface area contributed by atoms with Crippen LogP contribution in [-0.2, 0) is 26.7 Å². The Labute approximate surface area is 112 Å². The molecule has 0 aromatic rings. The summed E-state index contributed by atoms with van der Waals surface area (Å²) in [6.45, 7) is 0. The Hall–Kier alpha value is -0.541. The number of carbonyl (C=O) groups is 2. The monoisotopic (exact) mass is 289 g/mol. The van der Waals surface area contributed by atoms with Crippen molar-refractivity contribution in [1.29, 1.82) is 0 Å². The van der Waals surface area contributed by atoms with E-state index < -0.39 is 11.9 Å². The first-order valence-electron chi connectivity index (χ1n) is 6.03. The van der Waals surface area contributed by atoms with Crippen molar-refractivity contribution in [3.05, 3.63) is 0 Å². The molecule has 2 aliphatic carbocycles. The molecule has 5 heteroatoms. The Morgan fingerprint density at radius 3 is 1.06 bits per heavy atom. The zero-order valence-electron chi connectivity index (χ0n) is 9.75. The molecule has 2 saturated carbocycles. The number of aliphatic carboxylic acids is 2. The van der Waals surface area contributed by atoms with Gasteiger partial charge in [-0.3, -0.25) is 0 Å². The summed E-state index contributed by atoms with van der Waals surface area (Å²) in [5, 5.41) is 20.2. The molecule has 0 heterocycles. The van der Waals surface area contributed by atoms with Crippen LogP contribution in [0.15, 0.2) is 0 Å². The Morgan fingerprint density at radius 1 is 0.706 bits per heavy atom. The predicted molar refractivity (Wildman–Crippen MR) is 53.9 cm³/mol. The minimum atomic E-state index is -0.859. The smallest absolute Gasteiger partial charge is 0.550 e. The van der Waals surface area contributed by atoms with Crippen molar-refractivity contribution in [3.8, 4) is 0 Å². The van der Waals surface area contributed by atoms with E-state index in [4.69, 9.17) is 0 Å². The maximum atomic E-state index is 10.1. The average molecular weight is 290 g/mol. The maximum Gasteiger partial charge on any atom is 2.00 e. The van der Waals surface area contributed by atoms with Gasteiger partial charge in [0.05, 0.1) is 0 Å².